The summed E-state index contributed by atoms with van der Waals surface area (Å²) in [5.74, 6) is -1.17. The van der Waals surface area contributed by atoms with Crippen LogP contribution in [0.25, 0.3) is 11.3 Å². The van der Waals surface area contributed by atoms with Crippen LogP contribution >= 0.6 is 11.3 Å². The number of aromatic nitrogens is 1. The molecule has 0 unspecified atom stereocenters. The molecule has 0 aliphatic heterocycles. The average molecular weight is 251 g/mol. The van der Waals surface area contributed by atoms with Crippen LogP contribution in [0.5, 0.6) is 0 Å². The topological polar surface area (TPSA) is 48.7 Å². The second kappa shape index (κ2) is 4.47. The number of hydrogen-bond donors (Lipinski definition) is 1. The highest BCUT2D eigenvalue weighted by atomic mass is 32.1. The van der Waals surface area contributed by atoms with Gasteiger partial charge in [-0.3, -0.25) is 0 Å². The van der Waals surface area contributed by atoms with Crippen LogP contribution < -0.4 is 5.32 Å². The maximum Gasteiger partial charge on any atom is 0.184 e. The molecule has 6 heteroatoms. The van der Waals surface area contributed by atoms with E-state index < -0.39 is 11.6 Å². The van der Waals surface area contributed by atoms with Crippen LogP contribution in [-0.2, 0) is 0 Å². The van der Waals surface area contributed by atoms with Crippen molar-refractivity contribution in [3.05, 3.63) is 34.7 Å². The Morgan fingerprint density at radius 2 is 2.18 bits per heavy atom. The molecule has 1 N–H and O–H groups in total. The molecule has 17 heavy (non-hydrogen) atoms. The van der Waals surface area contributed by atoms with Crippen molar-refractivity contribution in [2.75, 3.05) is 12.4 Å². The number of nitrogens with zero attached hydrogens (tertiary/aromatic N) is 2. The van der Waals surface area contributed by atoms with Gasteiger partial charge in [0.2, 0.25) is 0 Å². The van der Waals surface area contributed by atoms with E-state index in [0.29, 0.717) is 5.13 Å². The van der Waals surface area contributed by atoms with E-state index in [4.69, 9.17) is 5.26 Å². The van der Waals surface area contributed by atoms with Crippen molar-refractivity contribution in [2.24, 2.45) is 0 Å². The second-order valence-electron chi connectivity index (χ2n) is 3.18. The van der Waals surface area contributed by atoms with Crippen molar-refractivity contribution in [1.29, 1.82) is 5.26 Å². The number of thiazole rings is 1. The molecule has 0 saturated heterocycles. The Hall–Kier alpha value is -2.00. The third kappa shape index (κ3) is 2.10. The summed E-state index contributed by atoms with van der Waals surface area (Å²) in [6.07, 6.45) is 0. The summed E-state index contributed by atoms with van der Waals surface area (Å²) in [4.78, 5) is 4.30. The van der Waals surface area contributed by atoms with E-state index in [1.54, 1.807) is 7.05 Å². The van der Waals surface area contributed by atoms with Crippen LogP contribution in [0.2, 0.25) is 0 Å². The van der Waals surface area contributed by atoms with E-state index >= 15 is 0 Å². The van der Waals surface area contributed by atoms with E-state index in [1.807, 2.05) is 6.07 Å². The molecule has 2 aromatic rings. The molecule has 0 fully saturated rings. The summed E-state index contributed by atoms with van der Waals surface area (Å²) in [5, 5.41) is 12.2. The van der Waals surface area contributed by atoms with Gasteiger partial charge >= 0.3 is 0 Å². The smallest absolute Gasteiger partial charge is 0.184 e. The minimum absolute atomic E-state index is 0.000648. The summed E-state index contributed by atoms with van der Waals surface area (Å²) in [6.45, 7) is 0. The molecule has 0 bridgehead atoms. The van der Waals surface area contributed by atoms with Gasteiger partial charge in [0.25, 0.3) is 0 Å². The van der Waals surface area contributed by atoms with E-state index in [0.717, 1.165) is 29.5 Å². The standard InChI is InChI=1S/C11H7F2N3S/c1-15-11-16-10(9(5-14)17-11)7-4-6(12)2-3-8(7)13/h2-4H,1H3,(H,15,16). The lowest BCUT2D eigenvalue weighted by Crippen LogP contribution is -1.90. The lowest BCUT2D eigenvalue weighted by molar-refractivity contribution is 0.603. The molecule has 0 saturated carbocycles. The predicted octanol–water partition coefficient (Wildman–Crippen LogP) is 3.00. The average Bonchev–Trinajstić information content (AvgIpc) is 2.75. The molecule has 1 aromatic carbocycles. The highest BCUT2D eigenvalue weighted by Crippen LogP contribution is 2.32. The number of nitriles is 1. The van der Waals surface area contributed by atoms with Crippen molar-refractivity contribution < 1.29 is 8.78 Å². The van der Waals surface area contributed by atoms with Crippen molar-refractivity contribution in [3.63, 3.8) is 0 Å². The SMILES string of the molecule is CNc1nc(-c2cc(F)ccc2F)c(C#N)s1. The summed E-state index contributed by atoms with van der Waals surface area (Å²) in [7, 11) is 1.64. The summed E-state index contributed by atoms with van der Waals surface area (Å²) in [6, 6.07) is 5.00. The molecule has 1 heterocycles. The van der Waals surface area contributed by atoms with Crippen LogP contribution in [0.15, 0.2) is 18.2 Å². The molecule has 3 nitrogen and oxygen atoms in total. The quantitative estimate of drug-likeness (QED) is 0.892. The Balaban J connectivity index is 2.63. The molecule has 0 atom stereocenters. The Bertz CT molecular complexity index is 601. The second-order valence-corrected chi connectivity index (χ2v) is 4.18. The van der Waals surface area contributed by atoms with Crippen molar-refractivity contribution in [2.45, 2.75) is 0 Å². The number of hydrogen-bond acceptors (Lipinski definition) is 4. The van der Waals surface area contributed by atoms with Crippen LogP contribution in [0, 0.1) is 23.0 Å². The van der Waals surface area contributed by atoms with Crippen LogP contribution in [-0.4, -0.2) is 12.0 Å². The maximum absolute atomic E-state index is 13.6. The first kappa shape index (κ1) is 11.5. The van der Waals surface area contributed by atoms with Gasteiger partial charge in [-0.15, -0.1) is 0 Å². The van der Waals surface area contributed by atoms with Gasteiger partial charge < -0.3 is 5.32 Å². The zero-order valence-corrected chi connectivity index (χ0v) is 9.61. The highest BCUT2D eigenvalue weighted by molar-refractivity contribution is 7.16. The zero-order chi connectivity index (χ0) is 12.4. The Labute approximate surface area is 100 Å². The third-order valence-electron chi connectivity index (χ3n) is 2.13. The first-order valence-electron chi connectivity index (χ1n) is 4.70. The molecule has 0 amide bonds. The van der Waals surface area contributed by atoms with Crippen molar-refractivity contribution >= 4 is 16.5 Å². The van der Waals surface area contributed by atoms with Gasteiger partial charge in [-0.2, -0.15) is 5.26 Å². The van der Waals surface area contributed by atoms with E-state index in [2.05, 4.69) is 10.3 Å². The molecule has 0 aliphatic carbocycles. The first-order valence-corrected chi connectivity index (χ1v) is 5.51. The number of rotatable bonds is 2. The lowest BCUT2D eigenvalue weighted by atomic mass is 10.1. The minimum atomic E-state index is -0.601. The van der Waals surface area contributed by atoms with Gasteiger partial charge in [-0.05, 0) is 18.2 Å². The molecule has 0 spiro atoms. The Morgan fingerprint density at radius 1 is 1.41 bits per heavy atom. The Morgan fingerprint density at radius 3 is 2.82 bits per heavy atom. The minimum Gasteiger partial charge on any atom is -0.365 e. The fourth-order valence-corrected chi connectivity index (χ4v) is 2.09. The predicted molar refractivity (Wildman–Crippen MR) is 61.7 cm³/mol. The maximum atomic E-state index is 13.6. The van der Waals surface area contributed by atoms with Gasteiger partial charge in [-0.25, -0.2) is 13.8 Å². The molecule has 86 valence electrons. The Kier molecular flexibility index (Phi) is 3.02. The molecular weight excluding hydrogens is 244 g/mol. The molecule has 1 aromatic heterocycles. The molecular formula is C11H7F2N3S. The normalized spacial score (nSPS) is 10.0. The van der Waals surface area contributed by atoms with Gasteiger partial charge in [0.15, 0.2) is 5.13 Å². The van der Waals surface area contributed by atoms with E-state index in [1.165, 1.54) is 0 Å². The fourth-order valence-electron chi connectivity index (χ4n) is 1.36. The monoisotopic (exact) mass is 251 g/mol. The van der Waals surface area contributed by atoms with Gasteiger partial charge in [0.1, 0.15) is 28.3 Å². The summed E-state index contributed by atoms with van der Waals surface area (Å²) in [5.41, 5.74) is 0.165. The molecule has 2 rings (SSSR count). The van der Waals surface area contributed by atoms with Crippen molar-refractivity contribution in [3.8, 4) is 17.3 Å². The number of halogens is 2. The van der Waals surface area contributed by atoms with Crippen LogP contribution in [0.4, 0.5) is 13.9 Å². The summed E-state index contributed by atoms with van der Waals surface area (Å²) < 4.78 is 26.6. The van der Waals surface area contributed by atoms with Crippen molar-refractivity contribution in [1.82, 2.24) is 4.98 Å². The van der Waals surface area contributed by atoms with Gasteiger partial charge in [-0.1, -0.05) is 11.3 Å². The van der Waals surface area contributed by atoms with Gasteiger partial charge in [0, 0.05) is 12.6 Å². The lowest BCUT2D eigenvalue weighted by Gasteiger charge is -2.00. The van der Waals surface area contributed by atoms with Gasteiger partial charge in [0.05, 0.1) is 0 Å². The molecule has 0 radical (unpaired) electrons. The number of anilines is 1. The number of nitrogens with one attached hydrogen (secondary N) is 1. The first-order chi connectivity index (χ1) is 8.15. The number of benzene rings is 1. The van der Waals surface area contributed by atoms with E-state index in [9.17, 15) is 8.78 Å². The van der Waals surface area contributed by atoms with E-state index in [-0.39, 0.29) is 16.1 Å². The summed E-state index contributed by atoms with van der Waals surface area (Å²) >= 11 is 1.10. The zero-order valence-electron chi connectivity index (χ0n) is 8.79. The van der Waals surface area contributed by atoms with Crippen LogP contribution in [0.1, 0.15) is 4.88 Å². The highest BCUT2D eigenvalue weighted by Gasteiger charge is 2.16. The largest absolute Gasteiger partial charge is 0.365 e. The third-order valence-corrected chi connectivity index (χ3v) is 3.10. The van der Waals surface area contributed by atoms with Crippen LogP contribution in [0.3, 0.4) is 0 Å². The fraction of sp³-hybridized carbons (Fsp3) is 0.0909. The molecule has 0 aliphatic rings.